The summed E-state index contributed by atoms with van der Waals surface area (Å²) in [5.41, 5.74) is 5.94. The first-order valence-electron chi connectivity index (χ1n) is 7.31. The molecule has 1 aromatic heterocycles. The van der Waals surface area contributed by atoms with E-state index in [-0.39, 0.29) is 0 Å². The quantitative estimate of drug-likeness (QED) is 0.875. The van der Waals surface area contributed by atoms with Gasteiger partial charge in [0.25, 0.3) is 0 Å². The van der Waals surface area contributed by atoms with E-state index in [4.69, 9.17) is 10.3 Å². The third kappa shape index (κ3) is 2.44. The number of hydrogen-bond acceptors (Lipinski definition) is 4. The molecule has 2 aliphatic carbocycles. The lowest BCUT2D eigenvalue weighted by molar-refractivity contribution is 0.319. The molecule has 0 radical (unpaired) electrons. The molecule has 4 nitrogen and oxygen atoms in total. The van der Waals surface area contributed by atoms with Crippen LogP contribution in [0.4, 0.5) is 0 Å². The van der Waals surface area contributed by atoms with Crippen molar-refractivity contribution in [2.75, 3.05) is 0 Å². The summed E-state index contributed by atoms with van der Waals surface area (Å²) >= 11 is 0. The Hall–Kier alpha value is -0.900. The lowest BCUT2D eigenvalue weighted by atomic mass is 9.83. The average Bonchev–Trinajstić information content (AvgIpc) is 2.98. The van der Waals surface area contributed by atoms with Crippen LogP contribution in [0.15, 0.2) is 4.52 Å². The summed E-state index contributed by atoms with van der Waals surface area (Å²) < 4.78 is 5.46. The van der Waals surface area contributed by atoms with Gasteiger partial charge in [-0.3, -0.25) is 0 Å². The minimum atomic E-state index is 0.320. The van der Waals surface area contributed by atoms with Crippen LogP contribution in [0.1, 0.15) is 75.4 Å². The molecule has 0 amide bonds. The second-order valence-corrected chi connectivity index (χ2v) is 6.22. The molecule has 1 heterocycles. The Labute approximate surface area is 108 Å². The van der Waals surface area contributed by atoms with Crippen molar-refractivity contribution >= 4 is 0 Å². The fraction of sp³-hybridized carbons (Fsp3) is 0.857. The zero-order chi connectivity index (χ0) is 12.5. The number of rotatable bonds is 2. The number of nitrogens with two attached hydrogens (primary N) is 1. The average molecular weight is 249 g/mol. The van der Waals surface area contributed by atoms with Crippen LogP contribution in [0.5, 0.6) is 0 Å². The molecule has 0 aromatic carbocycles. The van der Waals surface area contributed by atoms with Crippen LogP contribution >= 0.6 is 0 Å². The summed E-state index contributed by atoms with van der Waals surface area (Å²) in [6.45, 7) is 2.33. The molecular formula is C14H23N3O. The Morgan fingerprint density at radius 3 is 2.44 bits per heavy atom. The van der Waals surface area contributed by atoms with Crippen molar-refractivity contribution in [2.24, 2.45) is 11.7 Å². The highest BCUT2D eigenvalue weighted by Crippen LogP contribution is 2.36. The van der Waals surface area contributed by atoms with E-state index in [9.17, 15) is 0 Å². The normalized spacial score (nSPS) is 37.0. The van der Waals surface area contributed by atoms with Crippen LogP contribution in [0.2, 0.25) is 0 Å². The first-order valence-corrected chi connectivity index (χ1v) is 7.31. The first kappa shape index (κ1) is 12.2. The SMILES string of the molecule is CC1CCC(c2noc(C3CCC(N)C3)n2)CC1. The summed E-state index contributed by atoms with van der Waals surface area (Å²) in [7, 11) is 0. The van der Waals surface area contributed by atoms with Gasteiger partial charge < -0.3 is 10.3 Å². The van der Waals surface area contributed by atoms with Gasteiger partial charge in [-0.25, -0.2) is 0 Å². The molecule has 18 heavy (non-hydrogen) atoms. The first-order chi connectivity index (χ1) is 8.72. The van der Waals surface area contributed by atoms with Gasteiger partial charge in [0.15, 0.2) is 5.82 Å². The molecule has 2 N–H and O–H groups in total. The summed E-state index contributed by atoms with van der Waals surface area (Å²) in [4.78, 5) is 4.64. The van der Waals surface area contributed by atoms with Crippen LogP contribution in [-0.4, -0.2) is 16.2 Å². The van der Waals surface area contributed by atoms with E-state index in [0.29, 0.717) is 17.9 Å². The molecule has 1 aromatic rings. The molecule has 0 spiro atoms. The lowest BCUT2D eigenvalue weighted by Gasteiger charge is -2.23. The fourth-order valence-corrected chi connectivity index (χ4v) is 3.34. The van der Waals surface area contributed by atoms with Crippen LogP contribution in [0.3, 0.4) is 0 Å². The monoisotopic (exact) mass is 249 g/mol. The number of hydrogen-bond donors (Lipinski definition) is 1. The second kappa shape index (κ2) is 5.00. The van der Waals surface area contributed by atoms with Gasteiger partial charge in [0.1, 0.15) is 0 Å². The molecule has 2 unspecified atom stereocenters. The van der Waals surface area contributed by atoms with E-state index in [1.54, 1.807) is 0 Å². The zero-order valence-electron chi connectivity index (χ0n) is 11.1. The smallest absolute Gasteiger partial charge is 0.229 e. The van der Waals surface area contributed by atoms with Gasteiger partial charge in [-0.15, -0.1) is 0 Å². The number of nitrogens with zero attached hydrogens (tertiary/aromatic N) is 2. The highest BCUT2D eigenvalue weighted by molar-refractivity contribution is 5.03. The van der Waals surface area contributed by atoms with Crippen molar-refractivity contribution in [1.29, 1.82) is 0 Å². The molecule has 0 bridgehead atoms. The van der Waals surface area contributed by atoms with Gasteiger partial charge >= 0.3 is 0 Å². The standard InChI is InChI=1S/C14H23N3O/c1-9-2-4-10(5-3-9)13-16-14(18-17-13)11-6-7-12(15)8-11/h9-12H,2-8,15H2,1H3. The van der Waals surface area contributed by atoms with Crippen molar-refractivity contribution in [3.05, 3.63) is 11.7 Å². The molecule has 0 aliphatic heterocycles. The van der Waals surface area contributed by atoms with Crippen LogP contribution in [0, 0.1) is 5.92 Å². The van der Waals surface area contributed by atoms with Gasteiger partial charge in [-0.2, -0.15) is 4.98 Å². The zero-order valence-corrected chi connectivity index (χ0v) is 11.1. The third-order valence-corrected chi connectivity index (χ3v) is 4.66. The molecule has 2 atom stereocenters. The van der Waals surface area contributed by atoms with Crippen LogP contribution < -0.4 is 5.73 Å². The van der Waals surface area contributed by atoms with Crippen molar-refractivity contribution < 1.29 is 4.52 Å². The van der Waals surface area contributed by atoms with Crippen molar-refractivity contribution in [1.82, 2.24) is 10.1 Å². The Bertz CT molecular complexity index is 395. The Morgan fingerprint density at radius 2 is 1.78 bits per heavy atom. The maximum absolute atomic E-state index is 5.94. The topological polar surface area (TPSA) is 64.9 Å². The highest BCUT2D eigenvalue weighted by atomic mass is 16.5. The van der Waals surface area contributed by atoms with E-state index in [2.05, 4.69) is 17.1 Å². The molecule has 2 saturated carbocycles. The molecule has 100 valence electrons. The van der Waals surface area contributed by atoms with E-state index in [0.717, 1.165) is 36.9 Å². The summed E-state index contributed by atoms with van der Waals surface area (Å²) in [5, 5.41) is 4.21. The summed E-state index contributed by atoms with van der Waals surface area (Å²) in [6.07, 6.45) is 8.21. The Morgan fingerprint density at radius 1 is 1.06 bits per heavy atom. The molecule has 0 saturated heterocycles. The van der Waals surface area contributed by atoms with Crippen molar-refractivity contribution in [2.45, 2.75) is 69.7 Å². The highest BCUT2D eigenvalue weighted by Gasteiger charge is 2.30. The minimum absolute atomic E-state index is 0.320. The minimum Gasteiger partial charge on any atom is -0.339 e. The maximum Gasteiger partial charge on any atom is 0.229 e. The van der Waals surface area contributed by atoms with E-state index in [1.807, 2.05) is 0 Å². The van der Waals surface area contributed by atoms with Crippen LogP contribution in [0.25, 0.3) is 0 Å². The number of aromatic nitrogens is 2. The predicted octanol–water partition coefficient (Wildman–Crippen LogP) is 2.96. The van der Waals surface area contributed by atoms with Crippen LogP contribution in [-0.2, 0) is 0 Å². The predicted molar refractivity (Wildman–Crippen MR) is 69.2 cm³/mol. The lowest BCUT2D eigenvalue weighted by Crippen LogP contribution is -2.14. The summed E-state index contributed by atoms with van der Waals surface area (Å²) in [5.74, 6) is 3.56. The second-order valence-electron chi connectivity index (χ2n) is 6.22. The molecule has 2 aliphatic rings. The van der Waals surface area contributed by atoms with E-state index in [1.165, 1.54) is 25.7 Å². The van der Waals surface area contributed by atoms with Gasteiger partial charge in [-0.05, 0) is 38.0 Å². The van der Waals surface area contributed by atoms with E-state index >= 15 is 0 Å². The van der Waals surface area contributed by atoms with E-state index < -0.39 is 0 Å². The molecule has 3 rings (SSSR count). The molecule has 2 fully saturated rings. The van der Waals surface area contributed by atoms with Gasteiger partial charge in [0.05, 0.1) is 0 Å². The Kier molecular flexibility index (Phi) is 3.37. The van der Waals surface area contributed by atoms with Crippen molar-refractivity contribution in [3.63, 3.8) is 0 Å². The largest absolute Gasteiger partial charge is 0.339 e. The van der Waals surface area contributed by atoms with Crippen molar-refractivity contribution in [3.8, 4) is 0 Å². The maximum atomic E-state index is 5.94. The summed E-state index contributed by atoms with van der Waals surface area (Å²) in [6, 6.07) is 0.320. The fourth-order valence-electron chi connectivity index (χ4n) is 3.34. The van der Waals surface area contributed by atoms with Gasteiger partial charge in [0.2, 0.25) is 5.89 Å². The molecular weight excluding hydrogens is 226 g/mol. The van der Waals surface area contributed by atoms with Gasteiger partial charge in [-0.1, -0.05) is 24.9 Å². The third-order valence-electron chi connectivity index (χ3n) is 4.66. The molecule has 4 heteroatoms. The Balaban J connectivity index is 1.66. The van der Waals surface area contributed by atoms with Gasteiger partial charge in [0, 0.05) is 17.9 Å².